The average molecular weight is 289 g/mol. The standard InChI is InChI=1S/C14H15N3O2S/c1-3-10(8-15)16-13(18)7-11-9(2)19-14(17-11)12-5-4-6-20-12/h4-6,10H,3,7H2,1-2H3,(H,16,18)/t10-/m1/s1. The first-order valence-electron chi connectivity index (χ1n) is 6.33. The lowest BCUT2D eigenvalue weighted by Crippen LogP contribution is -2.34. The summed E-state index contributed by atoms with van der Waals surface area (Å²) in [5.41, 5.74) is 0.610. The number of amides is 1. The number of carbonyl (C=O) groups is 1. The van der Waals surface area contributed by atoms with E-state index in [-0.39, 0.29) is 12.3 Å². The molecule has 1 N–H and O–H groups in total. The maximum absolute atomic E-state index is 11.8. The van der Waals surface area contributed by atoms with E-state index < -0.39 is 6.04 Å². The second-order valence-corrected chi connectivity index (χ2v) is 5.28. The maximum atomic E-state index is 11.8. The van der Waals surface area contributed by atoms with Crippen LogP contribution < -0.4 is 5.32 Å². The van der Waals surface area contributed by atoms with E-state index in [1.54, 1.807) is 6.92 Å². The van der Waals surface area contributed by atoms with Crippen LogP contribution in [0.1, 0.15) is 24.8 Å². The molecule has 0 fully saturated rings. The number of nitrogens with one attached hydrogen (secondary N) is 1. The summed E-state index contributed by atoms with van der Waals surface area (Å²) in [7, 11) is 0. The first-order chi connectivity index (χ1) is 9.63. The Balaban J connectivity index is 2.07. The highest BCUT2D eigenvalue weighted by Crippen LogP contribution is 2.25. The van der Waals surface area contributed by atoms with E-state index >= 15 is 0 Å². The molecule has 2 rings (SSSR count). The van der Waals surface area contributed by atoms with Gasteiger partial charge in [0.15, 0.2) is 0 Å². The molecule has 2 heterocycles. The molecule has 0 saturated carbocycles. The van der Waals surface area contributed by atoms with Crippen LogP contribution in [0, 0.1) is 18.3 Å². The summed E-state index contributed by atoms with van der Waals surface area (Å²) < 4.78 is 5.57. The molecule has 0 aromatic carbocycles. The SMILES string of the molecule is CC[C@H](C#N)NC(=O)Cc1nc(-c2cccs2)oc1C. The summed E-state index contributed by atoms with van der Waals surface area (Å²) in [6, 6.07) is 5.42. The van der Waals surface area contributed by atoms with Crippen LogP contribution in [0.5, 0.6) is 0 Å². The second-order valence-electron chi connectivity index (χ2n) is 4.33. The van der Waals surface area contributed by atoms with Crippen LogP contribution in [0.25, 0.3) is 10.8 Å². The molecule has 5 nitrogen and oxygen atoms in total. The van der Waals surface area contributed by atoms with Crippen molar-refractivity contribution in [2.75, 3.05) is 0 Å². The zero-order valence-electron chi connectivity index (χ0n) is 11.3. The summed E-state index contributed by atoms with van der Waals surface area (Å²) in [5, 5.41) is 13.4. The highest BCUT2D eigenvalue weighted by molar-refractivity contribution is 7.13. The molecule has 20 heavy (non-hydrogen) atoms. The molecule has 0 aliphatic carbocycles. The number of hydrogen-bond acceptors (Lipinski definition) is 5. The van der Waals surface area contributed by atoms with Crippen molar-refractivity contribution >= 4 is 17.2 Å². The molecule has 1 atom stereocenters. The topological polar surface area (TPSA) is 78.9 Å². The monoisotopic (exact) mass is 289 g/mol. The Kier molecular flexibility index (Phi) is 4.53. The zero-order chi connectivity index (χ0) is 14.5. The van der Waals surface area contributed by atoms with Crippen LogP contribution in [0.15, 0.2) is 21.9 Å². The van der Waals surface area contributed by atoms with Crippen LogP contribution in [0.2, 0.25) is 0 Å². The average Bonchev–Trinajstić information content (AvgIpc) is 3.06. The number of aromatic nitrogens is 1. The summed E-state index contributed by atoms with van der Waals surface area (Å²) in [4.78, 5) is 17.1. The third kappa shape index (κ3) is 3.25. The minimum absolute atomic E-state index is 0.124. The summed E-state index contributed by atoms with van der Waals surface area (Å²) in [6.45, 7) is 3.64. The van der Waals surface area contributed by atoms with Crippen molar-refractivity contribution in [1.29, 1.82) is 5.26 Å². The lowest BCUT2D eigenvalue weighted by atomic mass is 10.2. The number of thiophene rings is 1. The highest BCUT2D eigenvalue weighted by atomic mass is 32.1. The van der Waals surface area contributed by atoms with Gasteiger partial charge in [0.2, 0.25) is 11.8 Å². The van der Waals surface area contributed by atoms with Crippen molar-refractivity contribution in [3.63, 3.8) is 0 Å². The predicted octanol–water partition coefficient (Wildman–Crippen LogP) is 2.67. The first kappa shape index (κ1) is 14.3. The predicted molar refractivity (Wildman–Crippen MR) is 76.1 cm³/mol. The van der Waals surface area contributed by atoms with Crippen molar-refractivity contribution < 1.29 is 9.21 Å². The summed E-state index contributed by atoms with van der Waals surface area (Å²) in [5.74, 6) is 0.953. The van der Waals surface area contributed by atoms with Gasteiger partial charge >= 0.3 is 0 Å². The molecule has 0 aliphatic rings. The van der Waals surface area contributed by atoms with Crippen molar-refractivity contribution in [3.8, 4) is 16.8 Å². The van der Waals surface area contributed by atoms with Gasteiger partial charge in [-0.15, -0.1) is 11.3 Å². The molecule has 0 aliphatic heterocycles. The van der Waals surface area contributed by atoms with Gasteiger partial charge in [0, 0.05) is 0 Å². The number of carbonyl (C=O) groups excluding carboxylic acids is 1. The molecule has 2 aromatic heterocycles. The molecule has 0 spiro atoms. The van der Waals surface area contributed by atoms with E-state index in [1.807, 2.05) is 30.5 Å². The molecule has 0 radical (unpaired) electrons. The lowest BCUT2D eigenvalue weighted by Gasteiger charge is -2.07. The smallest absolute Gasteiger partial charge is 0.236 e. The maximum Gasteiger partial charge on any atom is 0.236 e. The number of rotatable bonds is 5. The fourth-order valence-corrected chi connectivity index (χ4v) is 2.37. The molecule has 0 unspecified atom stereocenters. The van der Waals surface area contributed by atoms with E-state index in [0.717, 1.165) is 4.88 Å². The van der Waals surface area contributed by atoms with Gasteiger partial charge in [-0.1, -0.05) is 13.0 Å². The molecular formula is C14H15N3O2S. The van der Waals surface area contributed by atoms with Gasteiger partial charge in [0.05, 0.1) is 23.1 Å². The van der Waals surface area contributed by atoms with Gasteiger partial charge in [-0.2, -0.15) is 5.26 Å². The van der Waals surface area contributed by atoms with Crippen molar-refractivity contribution in [1.82, 2.24) is 10.3 Å². The van der Waals surface area contributed by atoms with E-state index in [2.05, 4.69) is 10.3 Å². The molecular weight excluding hydrogens is 274 g/mol. The van der Waals surface area contributed by atoms with Crippen LogP contribution in [-0.4, -0.2) is 16.9 Å². The van der Waals surface area contributed by atoms with Crippen LogP contribution in [0.4, 0.5) is 0 Å². The molecule has 6 heteroatoms. The fraction of sp³-hybridized carbons (Fsp3) is 0.357. The Morgan fingerprint density at radius 3 is 3.05 bits per heavy atom. The largest absolute Gasteiger partial charge is 0.440 e. The van der Waals surface area contributed by atoms with Gasteiger partial charge in [-0.05, 0) is 24.8 Å². The van der Waals surface area contributed by atoms with Crippen molar-refractivity contribution in [3.05, 3.63) is 29.0 Å². The summed E-state index contributed by atoms with van der Waals surface area (Å²) in [6.07, 6.45) is 0.708. The Morgan fingerprint density at radius 2 is 2.45 bits per heavy atom. The Bertz CT molecular complexity index is 625. The van der Waals surface area contributed by atoms with Crippen LogP contribution in [-0.2, 0) is 11.2 Å². The minimum Gasteiger partial charge on any atom is -0.440 e. The van der Waals surface area contributed by atoms with Gasteiger partial charge in [0.1, 0.15) is 11.8 Å². The van der Waals surface area contributed by atoms with Gasteiger partial charge in [-0.25, -0.2) is 4.98 Å². The Labute approximate surface area is 121 Å². The third-order valence-corrected chi connectivity index (χ3v) is 3.71. The van der Waals surface area contributed by atoms with Gasteiger partial charge in [-0.3, -0.25) is 4.79 Å². The van der Waals surface area contributed by atoms with E-state index in [1.165, 1.54) is 11.3 Å². The molecule has 0 saturated heterocycles. The number of oxazole rings is 1. The molecule has 0 bridgehead atoms. The van der Waals surface area contributed by atoms with Crippen molar-refractivity contribution in [2.24, 2.45) is 0 Å². The summed E-state index contributed by atoms with van der Waals surface area (Å²) >= 11 is 1.53. The quantitative estimate of drug-likeness (QED) is 0.917. The highest BCUT2D eigenvalue weighted by Gasteiger charge is 2.16. The van der Waals surface area contributed by atoms with Crippen LogP contribution >= 0.6 is 11.3 Å². The third-order valence-electron chi connectivity index (χ3n) is 2.85. The van der Waals surface area contributed by atoms with Crippen LogP contribution in [0.3, 0.4) is 0 Å². The number of nitriles is 1. The molecule has 2 aromatic rings. The van der Waals surface area contributed by atoms with E-state index in [9.17, 15) is 4.79 Å². The number of aryl methyl sites for hydroxylation is 1. The number of nitrogens with zero attached hydrogens (tertiary/aromatic N) is 2. The van der Waals surface area contributed by atoms with Gasteiger partial charge in [0.25, 0.3) is 0 Å². The minimum atomic E-state index is -0.452. The number of hydrogen-bond donors (Lipinski definition) is 1. The Hall–Kier alpha value is -2.13. The normalized spacial score (nSPS) is 11.8. The zero-order valence-corrected chi connectivity index (χ0v) is 12.2. The van der Waals surface area contributed by atoms with Crippen molar-refractivity contribution in [2.45, 2.75) is 32.7 Å². The fourth-order valence-electron chi connectivity index (χ4n) is 1.72. The molecule has 1 amide bonds. The molecule has 104 valence electrons. The van der Waals surface area contributed by atoms with Gasteiger partial charge < -0.3 is 9.73 Å². The van der Waals surface area contributed by atoms with E-state index in [0.29, 0.717) is 23.8 Å². The van der Waals surface area contributed by atoms with E-state index in [4.69, 9.17) is 9.68 Å². The Morgan fingerprint density at radius 1 is 1.65 bits per heavy atom. The first-order valence-corrected chi connectivity index (χ1v) is 7.21. The lowest BCUT2D eigenvalue weighted by molar-refractivity contribution is -0.120. The second kappa shape index (κ2) is 6.35.